The Kier molecular flexibility index (Phi) is 8.34. The summed E-state index contributed by atoms with van der Waals surface area (Å²) in [6.07, 6.45) is 2.23. The minimum absolute atomic E-state index is 0.0607. The minimum atomic E-state index is -2.19. The summed E-state index contributed by atoms with van der Waals surface area (Å²) in [5.74, 6) is -1.79. The molecule has 4 nitrogen and oxygen atoms in total. The summed E-state index contributed by atoms with van der Waals surface area (Å²) in [7, 11) is 0. The fourth-order valence-electron chi connectivity index (χ4n) is 4.64. The lowest BCUT2D eigenvalue weighted by Crippen LogP contribution is -2.34. The fourth-order valence-corrected chi connectivity index (χ4v) is 4.64. The minimum Gasteiger partial charge on any atom is -0.439 e. The van der Waals surface area contributed by atoms with Crippen molar-refractivity contribution in [2.75, 3.05) is 4.90 Å². The van der Waals surface area contributed by atoms with Crippen LogP contribution < -0.4 is 9.64 Å². The van der Waals surface area contributed by atoms with Crippen molar-refractivity contribution < 1.29 is 14.9 Å². The number of aliphatic hydroxyl groups is 2. The van der Waals surface area contributed by atoms with E-state index in [9.17, 15) is 10.2 Å². The molecule has 0 atom stereocenters. The molecule has 0 aliphatic rings. The van der Waals surface area contributed by atoms with Gasteiger partial charge in [-0.05, 0) is 90.7 Å². The molecular weight excluding hydrogens is 506 g/mol. The van der Waals surface area contributed by atoms with Crippen molar-refractivity contribution >= 4 is 28.7 Å². The topological polar surface area (TPSA) is 52.9 Å². The molecule has 0 aliphatic carbocycles. The van der Waals surface area contributed by atoms with Crippen LogP contribution in [0.25, 0.3) is 11.6 Å². The largest absolute Gasteiger partial charge is 0.439 e. The van der Waals surface area contributed by atoms with Gasteiger partial charge in [0, 0.05) is 23.5 Å². The first kappa shape index (κ1) is 27.9. The SMILES string of the molecule is CCC(O)(O)Oc1ccc(/C(=C/c2ccc(N(c3ccc(C)cc3)c3ccc(C)cc3)cc2)c2ccccc2)cc1. The van der Waals surface area contributed by atoms with Gasteiger partial charge in [0.2, 0.25) is 0 Å². The lowest BCUT2D eigenvalue weighted by molar-refractivity contribution is -0.292. The summed E-state index contributed by atoms with van der Waals surface area (Å²) >= 11 is 0. The smallest absolute Gasteiger partial charge is 0.321 e. The fraction of sp³-hybridized carbons (Fsp3) is 0.135. The third kappa shape index (κ3) is 6.93. The van der Waals surface area contributed by atoms with Gasteiger partial charge in [0.25, 0.3) is 0 Å². The second kappa shape index (κ2) is 12.3. The first-order valence-electron chi connectivity index (χ1n) is 13.9. The Labute approximate surface area is 242 Å². The van der Waals surface area contributed by atoms with Crippen molar-refractivity contribution in [2.24, 2.45) is 0 Å². The van der Waals surface area contributed by atoms with E-state index < -0.39 is 5.97 Å². The zero-order valence-electron chi connectivity index (χ0n) is 23.7. The summed E-state index contributed by atoms with van der Waals surface area (Å²) in [6, 6.07) is 43.4. The molecule has 5 aromatic rings. The van der Waals surface area contributed by atoms with E-state index in [0.29, 0.717) is 5.75 Å². The number of aryl methyl sites for hydroxylation is 2. The molecule has 4 heteroatoms. The molecule has 0 amide bonds. The van der Waals surface area contributed by atoms with Crippen LogP contribution in [-0.4, -0.2) is 16.2 Å². The number of hydrogen-bond acceptors (Lipinski definition) is 4. The number of anilines is 3. The second-order valence-electron chi connectivity index (χ2n) is 10.2. The van der Waals surface area contributed by atoms with Gasteiger partial charge in [0.05, 0.1) is 0 Å². The Morgan fingerprint density at radius 1 is 0.634 bits per heavy atom. The van der Waals surface area contributed by atoms with Crippen LogP contribution in [0.1, 0.15) is 41.2 Å². The summed E-state index contributed by atoms with van der Waals surface area (Å²) in [5.41, 5.74) is 9.92. The number of benzene rings is 5. The van der Waals surface area contributed by atoms with Crippen molar-refractivity contribution in [1.82, 2.24) is 0 Å². The zero-order valence-corrected chi connectivity index (χ0v) is 23.7. The van der Waals surface area contributed by atoms with Gasteiger partial charge < -0.3 is 19.8 Å². The molecule has 0 fully saturated rings. The highest BCUT2D eigenvalue weighted by atomic mass is 16.8. The standard InChI is InChI=1S/C37H35NO3/c1-4-37(39,40)41-35-24-16-31(17-25-35)36(30-8-6-5-7-9-30)26-29-14-22-34(23-15-29)38(32-18-10-27(2)11-19-32)33-20-12-28(3)13-21-33/h5-26,39-40H,4H2,1-3H3/b36-26+. The molecule has 5 aromatic carbocycles. The van der Waals surface area contributed by atoms with E-state index in [1.165, 1.54) is 11.1 Å². The first-order chi connectivity index (χ1) is 19.8. The Morgan fingerprint density at radius 2 is 1.10 bits per heavy atom. The molecule has 0 saturated carbocycles. The molecule has 0 unspecified atom stereocenters. The number of ether oxygens (including phenoxy) is 1. The zero-order chi connectivity index (χ0) is 28.8. The van der Waals surface area contributed by atoms with Crippen LogP contribution in [0, 0.1) is 13.8 Å². The van der Waals surface area contributed by atoms with E-state index in [-0.39, 0.29) is 6.42 Å². The van der Waals surface area contributed by atoms with Crippen molar-refractivity contribution in [3.8, 4) is 5.75 Å². The van der Waals surface area contributed by atoms with E-state index in [2.05, 4.69) is 110 Å². The molecule has 5 rings (SSSR count). The van der Waals surface area contributed by atoms with Crippen LogP contribution in [0.3, 0.4) is 0 Å². The third-order valence-electron chi connectivity index (χ3n) is 7.04. The average molecular weight is 542 g/mol. The monoisotopic (exact) mass is 541 g/mol. The average Bonchev–Trinajstić information content (AvgIpc) is 2.99. The van der Waals surface area contributed by atoms with Crippen molar-refractivity contribution in [2.45, 2.75) is 33.2 Å². The number of rotatable bonds is 9. The molecule has 0 saturated heterocycles. The molecule has 206 valence electrons. The summed E-state index contributed by atoms with van der Waals surface area (Å²) in [4.78, 5) is 2.27. The Bertz CT molecular complexity index is 1540. The highest BCUT2D eigenvalue weighted by molar-refractivity contribution is 5.92. The van der Waals surface area contributed by atoms with Gasteiger partial charge in [-0.2, -0.15) is 0 Å². The second-order valence-corrected chi connectivity index (χ2v) is 10.2. The predicted octanol–water partition coefficient (Wildman–Crippen LogP) is 8.79. The lowest BCUT2D eigenvalue weighted by atomic mass is 9.95. The van der Waals surface area contributed by atoms with Gasteiger partial charge in [-0.25, -0.2) is 0 Å². The van der Waals surface area contributed by atoms with Crippen LogP contribution in [-0.2, 0) is 0 Å². The van der Waals surface area contributed by atoms with Crippen LogP contribution >= 0.6 is 0 Å². The molecule has 0 radical (unpaired) electrons. The van der Waals surface area contributed by atoms with E-state index in [1.807, 2.05) is 30.3 Å². The van der Waals surface area contributed by atoms with Gasteiger partial charge in [-0.3, -0.25) is 0 Å². The molecule has 0 spiro atoms. The normalized spacial score (nSPS) is 11.8. The van der Waals surface area contributed by atoms with Gasteiger partial charge in [-0.15, -0.1) is 0 Å². The van der Waals surface area contributed by atoms with Crippen LogP contribution in [0.15, 0.2) is 127 Å². The van der Waals surface area contributed by atoms with Gasteiger partial charge in [0.15, 0.2) is 0 Å². The highest BCUT2D eigenvalue weighted by Gasteiger charge is 2.22. The number of hydrogen-bond donors (Lipinski definition) is 2. The van der Waals surface area contributed by atoms with Crippen molar-refractivity contribution in [3.05, 3.63) is 155 Å². The van der Waals surface area contributed by atoms with Gasteiger partial charge in [0.1, 0.15) is 5.75 Å². The van der Waals surface area contributed by atoms with E-state index in [1.54, 1.807) is 19.1 Å². The summed E-state index contributed by atoms with van der Waals surface area (Å²) < 4.78 is 5.32. The highest BCUT2D eigenvalue weighted by Crippen LogP contribution is 2.35. The van der Waals surface area contributed by atoms with Crippen molar-refractivity contribution in [3.63, 3.8) is 0 Å². The molecule has 41 heavy (non-hydrogen) atoms. The van der Waals surface area contributed by atoms with E-state index in [0.717, 1.165) is 39.3 Å². The van der Waals surface area contributed by atoms with E-state index in [4.69, 9.17) is 4.74 Å². The maximum atomic E-state index is 9.88. The summed E-state index contributed by atoms with van der Waals surface area (Å²) in [6.45, 7) is 5.85. The van der Waals surface area contributed by atoms with Crippen LogP contribution in [0.2, 0.25) is 0 Å². The predicted molar refractivity (Wildman–Crippen MR) is 169 cm³/mol. The quantitative estimate of drug-likeness (QED) is 0.145. The molecule has 0 heterocycles. The maximum Gasteiger partial charge on any atom is 0.321 e. The molecule has 0 aliphatic heterocycles. The Balaban J connectivity index is 1.50. The molecule has 0 aromatic heterocycles. The third-order valence-corrected chi connectivity index (χ3v) is 7.04. The van der Waals surface area contributed by atoms with Crippen molar-refractivity contribution in [1.29, 1.82) is 0 Å². The van der Waals surface area contributed by atoms with E-state index >= 15 is 0 Å². The Morgan fingerprint density at radius 3 is 1.59 bits per heavy atom. The summed E-state index contributed by atoms with van der Waals surface area (Å²) in [5, 5.41) is 19.8. The molecular formula is C37H35NO3. The first-order valence-corrected chi connectivity index (χ1v) is 13.9. The Hall–Kier alpha value is -4.64. The van der Waals surface area contributed by atoms with Crippen LogP contribution in [0.5, 0.6) is 5.75 Å². The maximum absolute atomic E-state index is 9.88. The number of nitrogens with zero attached hydrogens (tertiary/aromatic N) is 1. The van der Waals surface area contributed by atoms with Gasteiger partial charge in [-0.1, -0.05) is 96.9 Å². The van der Waals surface area contributed by atoms with Crippen LogP contribution in [0.4, 0.5) is 17.1 Å². The molecule has 0 bridgehead atoms. The lowest BCUT2D eigenvalue weighted by Gasteiger charge is -2.26. The molecule has 2 N–H and O–H groups in total. The van der Waals surface area contributed by atoms with Gasteiger partial charge >= 0.3 is 5.97 Å².